The smallest absolute Gasteiger partial charge is 0.162 e. The third-order valence-electron chi connectivity index (χ3n) is 5.41. The summed E-state index contributed by atoms with van der Waals surface area (Å²) >= 11 is 0. The second kappa shape index (κ2) is 10.1. The normalized spacial score (nSPS) is 15.9. The second-order valence-corrected chi connectivity index (χ2v) is 7.26. The highest BCUT2D eigenvalue weighted by atomic mass is 35.5. The number of phenols is 2. The van der Waals surface area contributed by atoms with Crippen molar-refractivity contribution in [1.82, 2.24) is 5.32 Å². The van der Waals surface area contributed by atoms with E-state index in [0.717, 1.165) is 17.0 Å². The lowest BCUT2D eigenvalue weighted by molar-refractivity contribution is 0.344. The molecule has 1 heterocycles. The van der Waals surface area contributed by atoms with Gasteiger partial charge in [0.15, 0.2) is 6.73 Å². The maximum Gasteiger partial charge on any atom is 0.162 e. The minimum atomic E-state index is 0. The molecule has 0 atom stereocenters. The fraction of sp³-hybridized carbons (Fsp3) is 0.429. The fourth-order valence-electron chi connectivity index (χ4n) is 3.89. The van der Waals surface area contributed by atoms with Crippen molar-refractivity contribution in [2.45, 2.75) is 51.2 Å². The summed E-state index contributed by atoms with van der Waals surface area (Å²) in [5.74, 6) is 1.30. The van der Waals surface area contributed by atoms with E-state index in [-0.39, 0.29) is 36.3 Å². The van der Waals surface area contributed by atoms with Crippen molar-refractivity contribution in [3.8, 4) is 17.2 Å². The number of aromatic hydroxyl groups is 2. The van der Waals surface area contributed by atoms with Crippen molar-refractivity contribution in [3.63, 3.8) is 0 Å². The average molecular weight is 427 g/mol. The first-order valence-electron chi connectivity index (χ1n) is 9.44. The van der Waals surface area contributed by atoms with Gasteiger partial charge in [-0.05, 0) is 37.1 Å². The molecule has 154 valence electrons. The van der Waals surface area contributed by atoms with Gasteiger partial charge in [0, 0.05) is 23.7 Å². The molecule has 1 aliphatic heterocycles. The van der Waals surface area contributed by atoms with Gasteiger partial charge in [0.25, 0.3) is 0 Å². The number of phenolic OH excluding ortho intramolecular Hbond substituents is 2. The highest BCUT2D eigenvalue weighted by Gasteiger charge is 2.21. The summed E-state index contributed by atoms with van der Waals surface area (Å²) in [6.45, 7) is 1.53. The molecule has 2 aliphatic rings. The van der Waals surface area contributed by atoms with Gasteiger partial charge in [-0.2, -0.15) is 0 Å². The minimum Gasteiger partial charge on any atom is -0.508 e. The molecule has 5 nitrogen and oxygen atoms in total. The van der Waals surface area contributed by atoms with Crippen LogP contribution in [0.4, 0.5) is 5.69 Å². The number of hydrogen-bond acceptors (Lipinski definition) is 5. The van der Waals surface area contributed by atoms with E-state index in [1.165, 1.54) is 32.1 Å². The van der Waals surface area contributed by atoms with Gasteiger partial charge in [-0.15, -0.1) is 24.8 Å². The number of fused-ring (bicyclic) bond motifs is 1. The number of ether oxygens (including phenoxy) is 1. The Bertz CT molecular complexity index is 782. The first kappa shape index (κ1) is 22.5. The Morgan fingerprint density at radius 3 is 2.43 bits per heavy atom. The van der Waals surface area contributed by atoms with Crippen LogP contribution in [0.1, 0.15) is 43.2 Å². The first-order chi connectivity index (χ1) is 12.7. The Labute approximate surface area is 178 Å². The summed E-state index contributed by atoms with van der Waals surface area (Å²) in [5.41, 5.74) is 2.45. The average Bonchev–Trinajstić information content (AvgIpc) is 3.07. The zero-order chi connectivity index (χ0) is 17.9. The zero-order valence-corrected chi connectivity index (χ0v) is 17.4. The molecule has 4 rings (SSSR count). The largest absolute Gasteiger partial charge is 0.508 e. The molecule has 28 heavy (non-hydrogen) atoms. The van der Waals surface area contributed by atoms with E-state index >= 15 is 0 Å². The number of benzene rings is 2. The van der Waals surface area contributed by atoms with E-state index in [2.05, 4.69) is 5.32 Å². The Morgan fingerprint density at radius 1 is 0.964 bits per heavy atom. The molecule has 0 saturated heterocycles. The van der Waals surface area contributed by atoms with Gasteiger partial charge in [0.2, 0.25) is 0 Å². The number of para-hydroxylation sites is 2. The van der Waals surface area contributed by atoms with Gasteiger partial charge >= 0.3 is 0 Å². The van der Waals surface area contributed by atoms with Crippen molar-refractivity contribution in [1.29, 1.82) is 0 Å². The maximum absolute atomic E-state index is 10.5. The lowest BCUT2D eigenvalue weighted by Gasteiger charge is -2.23. The number of halogens is 2. The lowest BCUT2D eigenvalue weighted by Crippen LogP contribution is -2.30. The molecule has 2 aromatic rings. The third kappa shape index (κ3) is 4.96. The molecule has 0 unspecified atom stereocenters. The van der Waals surface area contributed by atoms with Crippen LogP contribution in [0.2, 0.25) is 0 Å². The van der Waals surface area contributed by atoms with Crippen LogP contribution in [0.25, 0.3) is 0 Å². The van der Waals surface area contributed by atoms with E-state index in [1.54, 1.807) is 12.1 Å². The maximum atomic E-state index is 10.5. The first-order valence-corrected chi connectivity index (χ1v) is 9.44. The quantitative estimate of drug-likeness (QED) is 0.603. The number of hydrogen-bond donors (Lipinski definition) is 3. The number of rotatable bonds is 5. The molecular formula is C21H28Cl2N2O3. The van der Waals surface area contributed by atoms with E-state index in [0.29, 0.717) is 31.4 Å². The summed E-state index contributed by atoms with van der Waals surface area (Å²) in [6, 6.07) is 11.7. The van der Waals surface area contributed by atoms with Gasteiger partial charge in [-0.3, -0.25) is 0 Å². The molecular weight excluding hydrogens is 399 g/mol. The van der Waals surface area contributed by atoms with Gasteiger partial charge in [-0.25, -0.2) is 0 Å². The Hall–Kier alpha value is -1.82. The molecule has 0 amide bonds. The van der Waals surface area contributed by atoms with Crippen LogP contribution in [0, 0.1) is 0 Å². The molecule has 3 N–H and O–H groups in total. The summed E-state index contributed by atoms with van der Waals surface area (Å²) in [6.07, 6.45) is 6.25. The van der Waals surface area contributed by atoms with Crippen molar-refractivity contribution in [2.24, 2.45) is 0 Å². The van der Waals surface area contributed by atoms with Crippen LogP contribution < -0.4 is 15.0 Å². The molecule has 1 saturated carbocycles. The Kier molecular flexibility index (Phi) is 8.10. The summed E-state index contributed by atoms with van der Waals surface area (Å²) in [5, 5.41) is 24.4. The number of nitrogens with zero attached hydrogens (tertiary/aromatic N) is 1. The summed E-state index contributed by atoms with van der Waals surface area (Å²) in [7, 11) is 0. The van der Waals surface area contributed by atoms with E-state index < -0.39 is 0 Å². The predicted octanol–water partition coefficient (Wildman–Crippen LogP) is 4.72. The Balaban J connectivity index is 0.00000140. The van der Waals surface area contributed by atoms with Gasteiger partial charge in [0.1, 0.15) is 17.2 Å². The third-order valence-corrected chi connectivity index (χ3v) is 5.41. The summed E-state index contributed by atoms with van der Waals surface area (Å²) in [4.78, 5) is 2.05. The summed E-state index contributed by atoms with van der Waals surface area (Å²) < 4.78 is 5.65. The molecule has 0 radical (unpaired) electrons. The molecule has 0 bridgehead atoms. The van der Waals surface area contributed by atoms with Crippen LogP contribution in [0.3, 0.4) is 0 Å². The Morgan fingerprint density at radius 2 is 1.64 bits per heavy atom. The van der Waals surface area contributed by atoms with Crippen molar-refractivity contribution >= 4 is 30.5 Å². The molecule has 7 heteroatoms. The van der Waals surface area contributed by atoms with E-state index in [9.17, 15) is 10.2 Å². The monoisotopic (exact) mass is 426 g/mol. The fourth-order valence-corrected chi connectivity index (χ4v) is 3.89. The van der Waals surface area contributed by atoms with E-state index in [4.69, 9.17) is 4.74 Å². The second-order valence-electron chi connectivity index (χ2n) is 7.26. The highest BCUT2D eigenvalue weighted by molar-refractivity contribution is 5.85. The predicted molar refractivity (Wildman–Crippen MR) is 116 cm³/mol. The number of nitrogens with one attached hydrogen (secondary N) is 1. The standard InChI is InChI=1S/C21H26N2O3.2ClH/c24-19-11-16(13-23-14-26-21-9-5-4-8-18(21)23)20(25)10-15(19)12-22-17-6-2-1-3-7-17;;/h4-5,8-11,17,22,24-25H,1-3,6-7,12-14H2;2*1H. The molecule has 1 aliphatic carbocycles. The number of anilines is 1. The molecule has 0 spiro atoms. The van der Waals surface area contributed by atoms with Crippen molar-refractivity contribution in [3.05, 3.63) is 47.5 Å². The zero-order valence-electron chi connectivity index (χ0n) is 15.8. The lowest BCUT2D eigenvalue weighted by atomic mass is 9.95. The van der Waals surface area contributed by atoms with Crippen LogP contribution in [0.15, 0.2) is 36.4 Å². The van der Waals surface area contributed by atoms with Crippen LogP contribution in [0.5, 0.6) is 17.2 Å². The highest BCUT2D eigenvalue weighted by Crippen LogP contribution is 2.36. The van der Waals surface area contributed by atoms with E-state index in [1.807, 2.05) is 29.2 Å². The van der Waals surface area contributed by atoms with Gasteiger partial charge < -0.3 is 25.2 Å². The van der Waals surface area contributed by atoms with Gasteiger partial charge in [0.05, 0.1) is 12.2 Å². The minimum absolute atomic E-state index is 0. The van der Waals surface area contributed by atoms with Crippen LogP contribution in [-0.2, 0) is 13.1 Å². The SMILES string of the molecule is Cl.Cl.Oc1cc(CN2COc3ccccc32)c(O)cc1CNC1CCCCC1. The molecule has 2 aromatic carbocycles. The van der Waals surface area contributed by atoms with Crippen molar-refractivity contribution < 1.29 is 14.9 Å². The van der Waals surface area contributed by atoms with Crippen LogP contribution >= 0.6 is 24.8 Å². The van der Waals surface area contributed by atoms with Gasteiger partial charge in [-0.1, -0.05) is 31.4 Å². The van der Waals surface area contributed by atoms with Crippen LogP contribution in [-0.4, -0.2) is 23.0 Å². The molecule has 0 aromatic heterocycles. The van der Waals surface area contributed by atoms with Crippen molar-refractivity contribution in [2.75, 3.05) is 11.6 Å². The molecule has 1 fully saturated rings. The topological polar surface area (TPSA) is 65.0 Å².